The van der Waals surface area contributed by atoms with Crippen LogP contribution in [0, 0.1) is 20.8 Å². The van der Waals surface area contributed by atoms with Crippen LogP contribution in [0.1, 0.15) is 60.9 Å². The van der Waals surface area contributed by atoms with Crippen LogP contribution in [-0.4, -0.2) is 23.7 Å². The van der Waals surface area contributed by atoms with Gasteiger partial charge in [0, 0.05) is 18.3 Å². The van der Waals surface area contributed by atoms with Gasteiger partial charge in [0.1, 0.15) is 0 Å². The van der Waals surface area contributed by atoms with Crippen molar-refractivity contribution in [1.82, 2.24) is 5.32 Å². The van der Waals surface area contributed by atoms with Gasteiger partial charge in [-0.1, -0.05) is 13.0 Å². The summed E-state index contributed by atoms with van der Waals surface area (Å²) in [6.07, 6.45) is 3.11. The number of carbonyl (C=O) groups is 1. The van der Waals surface area contributed by atoms with Gasteiger partial charge in [-0.15, -0.1) is 0 Å². The fourth-order valence-electron chi connectivity index (χ4n) is 4.42. The van der Waals surface area contributed by atoms with Crippen LogP contribution in [0.3, 0.4) is 0 Å². The molecule has 1 saturated heterocycles. The Kier molecular flexibility index (Phi) is 5.50. The molecule has 4 nitrogen and oxygen atoms in total. The van der Waals surface area contributed by atoms with Gasteiger partial charge in [0.05, 0.1) is 10.6 Å². The van der Waals surface area contributed by atoms with Crippen LogP contribution >= 0.6 is 11.8 Å². The fourth-order valence-corrected chi connectivity index (χ4v) is 5.26. The van der Waals surface area contributed by atoms with Gasteiger partial charge in [0.2, 0.25) is 0 Å². The number of carbonyl (C=O) groups excluding carboxylic acids is 1. The molecule has 0 aromatic heterocycles. The molecular weight excluding hydrogens is 402 g/mol. The Balaban J connectivity index is 1.65. The number of hydrogen-bond donors (Lipinski definition) is 1. The Bertz CT molecular complexity index is 1130. The average molecular weight is 434 g/mol. The predicted molar refractivity (Wildman–Crippen MR) is 133 cm³/mol. The molecule has 0 radical (unpaired) electrons. The van der Waals surface area contributed by atoms with Crippen LogP contribution in [0.5, 0.6) is 0 Å². The number of amidine groups is 1. The van der Waals surface area contributed by atoms with Gasteiger partial charge >= 0.3 is 0 Å². The minimum absolute atomic E-state index is 0.0870. The first-order valence-electron chi connectivity index (χ1n) is 10.8. The number of rotatable bonds is 2. The smallest absolute Gasteiger partial charge is 0.264 e. The van der Waals surface area contributed by atoms with E-state index < -0.39 is 0 Å². The highest BCUT2D eigenvalue weighted by molar-refractivity contribution is 8.18. The molecule has 1 amide bonds. The molecule has 0 aliphatic carbocycles. The molecule has 0 spiro atoms. The molecule has 2 heterocycles. The number of aliphatic imine (C=N–C) groups is 1. The second kappa shape index (κ2) is 7.86. The maximum absolute atomic E-state index is 12.6. The molecule has 2 aromatic carbocycles. The summed E-state index contributed by atoms with van der Waals surface area (Å²) < 4.78 is 0. The molecule has 0 saturated carbocycles. The first-order valence-corrected chi connectivity index (χ1v) is 11.6. The SMILES string of the molecule is Cc1ccc(N=C2NC(=O)/C(=C/c3cc4c(cc3C)N(C)C(C)(C)CC4C)S2)cc1C. The molecule has 5 heteroatoms. The highest BCUT2D eigenvalue weighted by atomic mass is 32.2. The molecule has 2 aromatic rings. The van der Waals surface area contributed by atoms with Crippen molar-refractivity contribution in [2.75, 3.05) is 11.9 Å². The highest BCUT2D eigenvalue weighted by Crippen LogP contribution is 2.44. The van der Waals surface area contributed by atoms with Gasteiger partial charge in [-0.05, 0) is 117 Å². The number of nitrogens with zero attached hydrogens (tertiary/aromatic N) is 2. The number of hydrogen-bond acceptors (Lipinski definition) is 4. The van der Waals surface area contributed by atoms with E-state index in [0.29, 0.717) is 16.0 Å². The van der Waals surface area contributed by atoms with E-state index in [2.05, 4.69) is 82.0 Å². The standard InChI is InChI=1S/C26H31N3OS/c1-15-8-9-20(10-16(15)2)27-25-28-24(30)23(31-25)13-19-12-21-18(4)14-26(5,6)29(7)22(21)11-17(19)3/h8-13,18H,14H2,1-7H3,(H,27,28,30)/b23-13-. The topological polar surface area (TPSA) is 44.7 Å². The summed E-state index contributed by atoms with van der Waals surface area (Å²) in [5, 5.41) is 3.54. The van der Waals surface area contributed by atoms with E-state index >= 15 is 0 Å². The second-order valence-electron chi connectivity index (χ2n) is 9.49. The van der Waals surface area contributed by atoms with Crippen LogP contribution in [0.25, 0.3) is 6.08 Å². The summed E-state index contributed by atoms with van der Waals surface area (Å²) in [5.74, 6) is 0.391. The third kappa shape index (κ3) is 4.16. The van der Waals surface area contributed by atoms with Crippen molar-refractivity contribution >= 4 is 40.3 Å². The third-order valence-electron chi connectivity index (χ3n) is 6.68. The van der Waals surface area contributed by atoms with Crippen molar-refractivity contribution < 1.29 is 4.79 Å². The summed E-state index contributed by atoms with van der Waals surface area (Å²) in [6.45, 7) is 13.2. The van der Waals surface area contributed by atoms with E-state index in [4.69, 9.17) is 0 Å². The summed E-state index contributed by atoms with van der Waals surface area (Å²) in [7, 11) is 2.18. The minimum atomic E-state index is -0.0870. The van der Waals surface area contributed by atoms with Crippen molar-refractivity contribution in [2.45, 2.75) is 59.4 Å². The van der Waals surface area contributed by atoms with Gasteiger partial charge in [-0.2, -0.15) is 0 Å². The van der Waals surface area contributed by atoms with Crippen molar-refractivity contribution in [1.29, 1.82) is 0 Å². The molecule has 1 fully saturated rings. The molecule has 162 valence electrons. The zero-order valence-electron chi connectivity index (χ0n) is 19.5. The van der Waals surface area contributed by atoms with Gasteiger partial charge < -0.3 is 10.2 Å². The molecule has 1 unspecified atom stereocenters. The molecule has 2 aliphatic rings. The molecule has 0 bridgehead atoms. The lowest BCUT2D eigenvalue weighted by molar-refractivity contribution is -0.115. The Hall–Kier alpha value is -2.53. The van der Waals surface area contributed by atoms with Crippen LogP contribution in [0.2, 0.25) is 0 Å². The van der Waals surface area contributed by atoms with Crippen molar-refractivity contribution in [2.24, 2.45) is 4.99 Å². The summed E-state index contributed by atoms with van der Waals surface area (Å²) in [6, 6.07) is 10.6. The predicted octanol–water partition coefficient (Wildman–Crippen LogP) is 6.23. The van der Waals surface area contributed by atoms with Crippen molar-refractivity contribution in [3.8, 4) is 0 Å². The quantitative estimate of drug-likeness (QED) is 0.571. The van der Waals surface area contributed by atoms with E-state index in [1.54, 1.807) is 0 Å². The minimum Gasteiger partial charge on any atom is -0.369 e. The number of anilines is 1. The van der Waals surface area contributed by atoms with E-state index in [0.717, 1.165) is 17.7 Å². The van der Waals surface area contributed by atoms with Crippen molar-refractivity contribution in [3.05, 3.63) is 63.1 Å². The summed E-state index contributed by atoms with van der Waals surface area (Å²) in [5.41, 5.74) is 8.35. The Morgan fingerprint density at radius 3 is 2.58 bits per heavy atom. The molecule has 4 rings (SSSR count). The van der Waals surface area contributed by atoms with Gasteiger partial charge in [0.25, 0.3) is 5.91 Å². The number of fused-ring (bicyclic) bond motifs is 1. The fraction of sp³-hybridized carbons (Fsp3) is 0.385. The first-order chi connectivity index (χ1) is 14.5. The van der Waals surface area contributed by atoms with Crippen LogP contribution in [-0.2, 0) is 4.79 Å². The highest BCUT2D eigenvalue weighted by Gasteiger charge is 2.34. The van der Waals surface area contributed by atoms with E-state index in [1.807, 2.05) is 18.2 Å². The zero-order chi connectivity index (χ0) is 22.5. The maximum Gasteiger partial charge on any atom is 0.264 e. The third-order valence-corrected chi connectivity index (χ3v) is 7.59. The molecular formula is C26H31N3OS. The number of benzene rings is 2. The largest absolute Gasteiger partial charge is 0.369 e. The summed E-state index contributed by atoms with van der Waals surface area (Å²) in [4.78, 5) is 20.3. The number of thioether (sulfide) groups is 1. The lowest BCUT2D eigenvalue weighted by Gasteiger charge is -2.45. The summed E-state index contributed by atoms with van der Waals surface area (Å²) >= 11 is 1.41. The molecule has 1 atom stereocenters. The Morgan fingerprint density at radius 1 is 1.13 bits per heavy atom. The Morgan fingerprint density at radius 2 is 1.87 bits per heavy atom. The van der Waals surface area contributed by atoms with E-state index in [9.17, 15) is 4.79 Å². The second-order valence-corrected chi connectivity index (χ2v) is 10.5. The van der Waals surface area contributed by atoms with Gasteiger partial charge in [-0.3, -0.25) is 4.79 Å². The number of nitrogens with one attached hydrogen (secondary N) is 1. The van der Waals surface area contributed by atoms with Gasteiger partial charge in [-0.25, -0.2) is 4.99 Å². The number of aryl methyl sites for hydroxylation is 3. The average Bonchev–Trinajstić information content (AvgIpc) is 3.02. The molecule has 2 aliphatic heterocycles. The monoisotopic (exact) mass is 433 g/mol. The van der Waals surface area contributed by atoms with E-state index in [1.165, 1.54) is 39.7 Å². The van der Waals surface area contributed by atoms with Crippen LogP contribution in [0.15, 0.2) is 40.2 Å². The maximum atomic E-state index is 12.6. The van der Waals surface area contributed by atoms with Gasteiger partial charge in [0.15, 0.2) is 5.17 Å². The molecule has 31 heavy (non-hydrogen) atoms. The molecule has 1 N–H and O–H groups in total. The van der Waals surface area contributed by atoms with Crippen molar-refractivity contribution in [3.63, 3.8) is 0 Å². The van der Waals surface area contributed by atoms with Crippen LogP contribution in [0.4, 0.5) is 11.4 Å². The van der Waals surface area contributed by atoms with E-state index in [-0.39, 0.29) is 11.4 Å². The normalized spacial score (nSPS) is 22.7. The zero-order valence-corrected chi connectivity index (χ0v) is 20.3. The lowest BCUT2D eigenvalue weighted by Crippen LogP contribution is -2.45. The van der Waals surface area contributed by atoms with Crippen LogP contribution < -0.4 is 10.2 Å². The Labute approximate surface area is 189 Å². The lowest BCUT2D eigenvalue weighted by atomic mass is 9.79. The first kappa shape index (κ1) is 21.7. The number of amides is 1.